The maximum atomic E-state index is 6.26. The molecule has 8 aromatic carbocycles. The maximum Gasteiger partial charge on any atom is 0.164 e. The molecule has 0 saturated carbocycles. The molecular formula is C47H29N3O. The molecule has 0 N–H and O–H groups in total. The Morgan fingerprint density at radius 1 is 0.314 bits per heavy atom. The van der Waals surface area contributed by atoms with Crippen LogP contribution in [-0.4, -0.2) is 15.0 Å². The number of aromatic nitrogens is 3. The topological polar surface area (TPSA) is 51.8 Å². The van der Waals surface area contributed by atoms with Gasteiger partial charge < -0.3 is 4.42 Å². The molecular weight excluding hydrogens is 623 g/mol. The van der Waals surface area contributed by atoms with E-state index in [0.29, 0.717) is 17.5 Å². The number of nitrogens with zero attached hydrogens (tertiary/aromatic N) is 3. The van der Waals surface area contributed by atoms with Crippen LogP contribution in [0.4, 0.5) is 0 Å². The van der Waals surface area contributed by atoms with Crippen LogP contribution in [0.25, 0.3) is 99.9 Å². The predicted molar refractivity (Wildman–Crippen MR) is 209 cm³/mol. The Morgan fingerprint density at radius 3 is 1.53 bits per heavy atom. The number of rotatable bonds is 5. The van der Waals surface area contributed by atoms with Crippen molar-refractivity contribution in [3.05, 3.63) is 176 Å². The van der Waals surface area contributed by atoms with E-state index in [1.54, 1.807) is 0 Å². The molecule has 0 atom stereocenters. The van der Waals surface area contributed by atoms with Crippen molar-refractivity contribution >= 4 is 43.5 Å². The molecule has 0 unspecified atom stereocenters. The average molecular weight is 652 g/mol. The largest absolute Gasteiger partial charge is 0.456 e. The van der Waals surface area contributed by atoms with E-state index in [0.717, 1.165) is 60.9 Å². The first-order chi connectivity index (χ1) is 25.2. The average Bonchev–Trinajstić information content (AvgIpc) is 3.59. The number of para-hydroxylation sites is 1. The summed E-state index contributed by atoms with van der Waals surface area (Å²) in [6, 6.07) is 61.3. The van der Waals surface area contributed by atoms with Gasteiger partial charge in [0.05, 0.1) is 0 Å². The van der Waals surface area contributed by atoms with Crippen LogP contribution in [0.2, 0.25) is 0 Å². The van der Waals surface area contributed by atoms with Gasteiger partial charge in [-0.1, -0.05) is 133 Å². The summed E-state index contributed by atoms with van der Waals surface area (Å²) in [6.07, 6.45) is 0. The zero-order chi connectivity index (χ0) is 33.7. The Bertz CT molecular complexity index is 2830. The summed E-state index contributed by atoms with van der Waals surface area (Å²) < 4.78 is 6.26. The van der Waals surface area contributed by atoms with Crippen LogP contribution in [0.3, 0.4) is 0 Å². The molecule has 0 fully saturated rings. The van der Waals surface area contributed by atoms with Gasteiger partial charge in [0.2, 0.25) is 0 Å². The van der Waals surface area contributed by atoms with Gasteiger partial charge in [0.1, 0.15) is 11.2 Å². The monoisotopic (exact) mass is 651 g/mol. The van der Waals surface area contributed by atoms with Gasteiger partial charge in [0.25, 0.3) is 0 Å². The molecule has 0 aliphatic rings. The lowest BCUT2D eigenvalue weighted by Gasteiger charge is -2.13. The van der Waals surface area contributed by atoms with E-state index >= 15 is 0 Å². The zero-order valence-corrected chi connectivity index (χ0v) is 27.5. The first kappa shape index (κ1) is 29.0. The van der Waals surface area contributed by atoms with Gasteiger partial charge in [-0.25, -0.2) is 15.0 Å². The molecule has 0 bridgehead atoms. The first-order valence-corrected chi connectivity index (χ1v) is 17.1. The fraction of sp³-hybridized carbons (Fsp3) is 0. The number of benzene rings is 8. The highest BCUT2D eigenvalue weighted by Crippen LogP contribution is 2.38. The number of fused-ring (bicyclic) bond motifs is 5. The van der Waals surface area contributed by atoms with Gasteiger partial charge >= 0.3 is 0 Å². The van der Waals surface area contributed by atoms with Crippen molar-refractivity contribution in [2.45, 2.75) is 0 Å². The van der Waals surface area contributed by atoms with E-state index in [1.807, 2.05) is 60.7 Å². The highest BCUT2D eigenvalue weighted by atomic mass is 16.3. The Morgan fingerprint density at radius 2 is 0.843 bits per heavy atom. The standard InChI is InChI=1S/C47H29N3O/c1-2-13-32(14-3-1)45-48-46(50-47(49-45)41-18-10-20-43-44(41)40-17-8-9-19-42(40)51-43)39-28-37(35-23-21-30-11-4-6-15-33(30)25-35)27-38(29-39)36-24-22-31-12-5-7-16-34(31)26-36/h1-29H. The van der Waals surface area contributed by atoms with Gasteiger partial charge in [0.15, 0.2) is 17.5 Å². The third-order valence-corrected chi connectivity index (χ3v) is 9.67. The molecule has 0 amide bonds. The van der Waals surface area contributed by atoms with Crippen molar-refractivity contribution in [1.29, 1.82) is 0 Å². The Labute approximate surface area is 294 Å². The predicted octanol–water partition coefficient (Wildman–Crippen LogP) is 12.4. The lowest BCUT2D eigenvalue weighted by atomic mass is 9.93. The Kier molecular flexibility index (Phi) is 6.78. The number of furan rings is 1. The van der Waals surface area contributed by atoms with Gasteiger partial charge in [-0.15, -0.1) is 0 Å². The lowest BCUT2D eigenvalue weighted by Crippen LogP contribution is -2.01. The fourth-order valence-electron chi connectivity index (χ4n) is 7.13. The second-order valence-electron chi connectivity index (χ2n) is 12.9. The van der Waals surface area contributed by atoms with Crippen LogP contribution in [0.5, 0.6) is 0 Å². The van der Waals surface area contributed by atoms with Crippen molar-refractivity contribution in [1.82, 2.24) is 15.0 Å². The maximum absolute atomic E-state index is 6.26. The van der Waals surface area contributed by atoms with Crippen molar-refractivity contribution in [2.75, 3.05) is 0 Å². The minimum Gasteiger partial charge on any atom is -0.456 e. The van der Waals surface area contributed by atoms with Crippen LogP contribution in [-0.2, 0) is 0 Å². The molecule has 0 saturated heterocycles. The number of hydrogen-bond acceptors (Lipinski definition) is 4. The summed E-state index contributed by atoms with van der Waals surface area (Å²) in [5.74, 6) is 1.82. The summed E-state index contributed by atoms with van der Waals surface area (Å²) in [4.78, 5) is 15.5. The Balaban J connectivity index is 1.23. The molecule has 10 rings (SSSR count). The van der Waals surface area contributed by atoms with E-state index in [4.69, 9.17) is 19.4 Å². The molecule has 238 valence electrons. The van der Waals surface area contributed by atoms with Crippen LogP contribution in [0, 0.1) is 0 Å². The quantitative estimate of drug-likeness (QED) is 0.186. The van der Waals surface area contributed by atoms with E-state index < -0.39 is 0 Å². The van der Waals surface area contributed by atoms with Gasteiger partial charge in [-0.05, 0) is 86.3 Å². The van der Waals surface area contributed by atoms with Crippen molar-refractivity contribution in [3.8, 4) is 56.4 Å². The molecule has 0 radical (unpaired) electrons. The molecule has 4 heteroatoms. The van der Waals surface area contributed by atoms with Gasteiger partial charge in [-0.2, -0.15) is 0 Å². The van der Waals surface area contributed by atoms with Crippen LogP contribution < -0.4 is 0 Å². The summed E-state index contributed by atoms with van der Waals surface area (Å²) in [7, 11) is 0. The van der Waals surface area contributed by atoms with Crippen LogP contribution in [0.1, 0.15) is 0 Å². The zero-order valence-electron chi connectivity index (χ0n) is 27.5. The van der Waals surface area contributed by atoms with E-state index in [9.17, 15) is 0 Å². The molecule has 0 aliphatic carbocycles. The van der Waals surface area contributed by atoms with Gasteiger partial charge in [0, 0.05) is 27.5 Å². The minimum absolute atomic E-state index is 0.597. The second kappa shape index (κ2) is 11.9. The van der Waals surface area contributed by atoms with E-state index in [2.05, 4.69) is 115 Å². The molecule has 2 aromatic heterocycles. The molecule has 0 aliphatic heterocycles. The fourth-order valence-corrected chi connectivity index (χ4v) is 7.13. The third kappa shape index (κ3) is 5.22. The van der Waals surface area contributed by atoms with Crippen LogP contribution >= 0.6 is 0 Å². The van der Waals surface area contributed by atoms with E-state index in [-0.39, 0.29) is 0 Å². The summed E-state index contributed by atoms with van der Waals surface area (Å²) >= 11 is 0. The van der Waals surface area contributed by atoms with Crippen molar-refractivity contribution in [3.63, 3.8) is 0 Å². The highest BCUT2D eigenvalue weighted by molar-refractivity contribution is 6.11. The molecule has 0 spiro atoms. The Hall–Kier alpha value is -6.91. The van der Waals surface area contributed by atoms with Crippen molar-refractivity contribution in [2.24, 2.45) is 0 Å². The smallest absolute Gasteiger partial charge is 0.164 e. The molecule has 4 nitrogen and oxygen atoms in total. The van der Waals surface area contributed by atoms with Gasteiger partial charge in [-0.3, -0.25) is 0 Å². The lowest BCUT2D eigenvalue weighted by molar-refractivity contribution is 0.669. The second-order valence-corrected chi connectivity index (χ2v) is 12.9. The normalized spacial score (nSPS) is 11.5. The number of hydrogen-bond donors (Lipinski definition) is 0. The molecule has 51 heavy (non-hydrogen) atoms. The summed E-state index contributed by atoms with van der Waals surface area (Å²) in [5.41, 5.74) is 8.81. The molecule has 2 heterocycles. The minimum atomic E-state index is 0.597. The third-order valence-electron chi connectivity index (χ3n) is 9.67. The molecule has 10 aromatic rings. The van der Waals surface area contributed by atoms with E-state index in [1.165, 1.54) is 21.5 Å². The summed E-state index contributed by atoms with van der Waals surface area (Å²) in [6.45, 7) is 0. The summed E-state index contributed by atoms with van der Waals surface area (Å²) in [5, 5.41) is 6.84. The van der Waals surface area contributed by atoms with Crippen LogP contribution in [0.15, 0.2) is 180 Å². The van der Waals surface area contributed by atoms with Crippen molar-refractivity contribution < 1.29 is 4.42 Å². The SMILES string of the molecule is c1ccc(-c2nc(-c3cc(-c4ccc5ccccc5c4)cc(-c4ccc5ccccc5c4)c3)nc(-c3cccc4oc5ccccc5c34)n2)cc1. The highest BCUT2D eigenvalue weighted by Gasteiger charge is 2.19. The first-order valence-electron chi connectivity index (χ1n) is 17.1.